The van der Waals surface area contributed by atoms with Gasteiger partial charge in [0, 0.05) is 30.5 Å². The minimum absolute atomic E-state index is 0.156. The molecular formula is C17H20BrFN2O3. The van der Waals surface area contributed by atoms with Gasteiger partial charge < -0.3 is 15.3 Å². The van der Waals surface area contributed by atoms with Crippen LogP contribution in [0.5, 0.6) is 0 Å². The number of carboxylic acid groups (broad SMARTS) is 1. The summed E-state index contributed by atoms with van der Waals surface area (Å²) in [6, 6.07) is 4.47. The zero-order chi connectivity index (χ0) is 17.3. The fourth-order valence-electron chi connectivity index (χ4n) is 3.98. The van der Waals surface area contributed by atoms with Crippen LogP contribution in [0.2, 0.25) is 0 Å². The molecule has 1 heterocycles. The third kappa shape index (κ3) is 3.32. The van der Waals surface area contributed by atoms with Gasteiger partial charge in [-0.25, -0.2) is 4.39 Å². The van der Waals surface area contributed by atoms with Gasteiger partial charge >= 0.3 is 5.97 Å². The predicted octanol–water partition coefficient (Wildman–Crippen LogP) is 3.10. The van der Waals surface area contributed by atoms with Crippen LogP contribution in [0.15, 0.2) is 22.7 Å². The van der Waals surface area contributed by atoms with Crippen LogP contribution in [0, 0.1) is 17.2 Å². The number of halogens is 2. The number of nitrogens with one attached hydrogen (secondary N) is 1. The number of rotatable bonds is 5. The van der Waals surface area contributed by atoms with E-state index in [0.717, 1.165) is 25.8 Å². The molecule has 1 aliphatic carbocycles. The Hall–Kier alpha value is -1.47. The monoisotopic (exact) mass is 398 g/mol. The Morgan fingerprint density at radius 1 is 1.46 bits per heavy atom. The Morgan fingerprint density at radius 3 is 2.92 bits per heavy atom. The number of benzene rings is 1. The molecule has 0 spiro atoms. The molecule has 2 fully saturated rings. The molecule has 1 aromatic carbocycles. The van der Waals surface area contributed by atoms with Gasteiger partial charge in [-0.3, -0.25) is 9.59 Å². The second-order valence-corrected chi connectivity index (χ2v) is 7.62. The Bertz CT molecular complexity index is 669. The quantitative estimate of drug-likeness (QED) is 0.799. The van der Waals surface area contributed by atoms with Crippen LogP contribution >= 0.6 is 15.9 Å². The van der Waals surface area contributed by atoms with E-state index in [1.165, 1.54) is 12.1 Å². The molecule has 24 heavy (non-hydrogen) atoms. The molecule has 1 saturated heterocycles. The molecule has 3 rings (SSSR count). The summed E-state index contributed by atoms with van der Waals surface area (Å²) in [6.07, 6.45) is 2.85. The molecule has 2 atom stereocenters. The summed E-state index contributed by atoms with van der Waals surface area (Å²) < 4.78 is 14.3. The van der Waals surface area contributed by atoms with E-state index in [1.54, 1.807) is 6.07 Å². The first kappa shape index (κ1) is 17.4. The number of anilines is 1. The van der Waals surface area contributed by atoms with Crippen molar-refractivity contribution in [3.63, 3.8) is 0 Å². The highest BCUT2D eigenvalue weighted by atomic mass is 79.9. The maximum absolute atomic E-state index is 13.7. The van der Waals surface area contributed by atoms with E-state index in [1.807, 2.05) is 0 Å². The molecule has 7 heteroatoms. The first-order valence-corrected chi connectivity index (χ1v) is 8.91. The summed E-state index contributed by atoms with van der Waals surface area (Å²) in [5, 5.41) is 12.1. The van der Waals surface area contributed by atoms with Crippen LogP contribution < -0.4 is 5.32 Å². The lowest BCUT2D eigenvalue weighted by Gasteiger charge is -2.23. The third-order valence-corrected chi connectivity index (χ3v) is 5.72. The van der Waals surface area contributed by atoms with Gasteiger partial charge in [-0.1, -0.05) is 22.4 Å². The van der Waals surface area contributed by atoms with Gasteiger partial charge in [-0.15, -0.1) is 0 Å². The zero-order valence-corrected chi connectivity index (χ0v) is 14.8. The van der Waals surface area contributed by atoms with Crippen LogP contribution in [0.25, 0.3) is 0 Å². The zero-order valence-electron chi connectivity index (χ0n) is 13.2. The number of likely N-dealkylation sites (tertiary alicyclic amines) is 1. The number of hydrogen-bond donors (Lipinski definition) is 2. The number of carbonyl (C=O) groups is 2. The van der Waals surface area contributed by atoms with Gasteiger partial charge in [0.05, 0.1) is 11.1 Å². The lowest BCUT2D eigenvalue weighted by molar-refractivity contribution is -0.149. The summed E-state index contributed by atoms with van der Waals surface area (Å²) in [6.45, 7) is 1.73. The number of carbonyl (C=O) groups excluding carboxylic acids is 1. The molecule has 1 aromatic rings. The smallest absolute Gasteiger partial charge is 0.311 e. The molecule has 1 aliphatic heterocycles. The molecule has 2 N–H and O–H groups in total. The molecule has 1 saturated carbocycles. The number of aliphatic carboxylic acids is 1. The first-order chi connectivity index (χ1) is 11.4. The summed E-state index contributed by atoms with van der Waals surface area (Å²) >= 11 is 3.17. The molecule has 2 aliphatic rings. The summed E-state index contributed by atoms with van der Waals surface area (Å²) in [5.74, 6) is -1.29. The second-order valence-electron chi connectivity index (χ2n) is 6.71. The molecule has 0 radical (unpaired) electrons. The Kier molecular flexibility index (Phi) is 4.92. The van der Waals surface area contributed by atoms with Crippen molar-refractivity contribution in [2.45, 2.75) is 25.7 Å². The van der Waals surface area contributed by atoms with Crippen molar-refractivity contribution >= 4 is 33.5 Å². The van der Waals surface area contributed by atoms with Crippen LogP contribution in [-0.4, -0.2) is 41.5 Å². The van der Waals surface area contributed by atoms with Crippen molar-refractivity contribution < 1.29 is 19.1 Å². The fourth-order valence-corrected chi connectivity index (χ4v) is 4.31. The van der Waals surface area contributed by atoms with E-state index in [0.29, 0.717) is 17.6 Å². The topological polar surface area (TPSA) is 69.6 Å². The van der Waals surface area contributed by atoms with Gasteiger partial charge in [0.15, 0.2) is 0 Å². The van der Waals surface area contributed by atoms with Crippen molar-refractivity contribution in [3.05, 3.63) is 28.5 Å². The summed E-state index contributed by atoms with van der Waals surface area (Å²) in [5.41, 5.74) is -0.475. The van der Waals surface area contributed by atoms with Gasteiger partial charge in [-0.2, -0.15) is 0 Å². The highest BCUT2D eigenvalue weighted by Gasteiger charge is 2.54. The normalized spacial score (nSPS) is 26.3. The van der Waals surface area contributed by atoms with E-state index in [4.69, 9.17) is 0 Å². The van der Waals surface area contributed by atoms with Crippen molar-refractivity contribution in [1.29, 1.82) is 0 Å². The fraction of sp³-hybridized carbons (Fsp3) is 0.529. The maximum atomic E-state index is 13.7. The Balaban J connectivity index is 1.53. The number of carboxylic acids is 1. The molecule has 0 unspecified atom stereocenters. The average Bonchev–Trinajstić information content (AvgIpc) is 3.06. The van der Waals surface area contributed by atoms with Gasteiger partial charge in [0.25, 0.3) is 0 Å². The van der Waals surface area contributed by atoms with Crippen LogP contribution in [0.4, 0.5) is 10.1 Å². The van der Waals surface area contributed by atoms with Gasteiger partial charge in [-0.05, 0) is 37.0 Å². The molecule has 5 nitrogen and oxygen atoms in total. The predicted molar refractivity (Wildman–Crippen MR) is 91.2 cm³/mol. The minimum Gasteiger partial charge on any atom is -0.481 e. The summed E-state index contributed by atoms with van der Waals surface area (Å²) in [4.78, 5) is 25.7. The van der Waals surface area contributed by atoms with Crippen molar-refractivity contribution in [3.8, 4) is 0 Å². The standard InChI is InChI=1S/C17H20BrFN2O3/c18-12-3-4-14(13(19)8-12)20-15(22)5-7-21-9-11-2-1-6-17(11,10-21)16(23)24/h3-4,8,11H,1-2,5-7,9-10H2,(H,20,22)(H,23,24)/t11-,17+/m0/s1. The number of fused-ring (bicyclic) bond motifs is 1. The summed E-state index contributed by atoms with van der Waals surface area (Å²) in [7, 11) is 0. The van der Waals surface area contributed by atoms with E-state index < -0.39 is 17.2 Å². The van der Waals surface area contributed by atoms with E-state index in [9.17, 15) is 19.1 Å². The third-order valence-electron chi connectivity index (χ3n) is 5.23. The lowest BCUT2D eigenvalue weighted by atomic mass is 9.81. The van der Waals surface area contributed by atoms with Crippen molar-refractivity contribution in [2.24, 2.45) is 11.3 Å². The van der Waals surface area contributed by atoms with Gasteiger partial charge in [0.1, 0.15) is 5.82 Å². The number of nitrogens with zero attached hydrogens (tertiary/aromatic N) is 1. The van der Waals surface area contributed by atoms with Crippen molar-refractivity contribution in [2.75, 3.05) is 25.0 Å². The van der Waals surface area contributed by atoms with E-state index in [2.05, 4.69) is 26.1 Å². The molecular weight excluding hydrogens is 379 g/mol. The number of hydrogen-bond acceptors (Lipinski definition) is 3. The maximum Gasteiger partial charge on any atom is 0.311 e. The molecule has 130 valence electrons. The first-order valence-electron chi connectivity index (χ1n) is 8.11. The minimum atomic E-state index is -0.714. The average molecular weight is 399 g/mol. The Labute approximate surface area is 148 Å². The second kappa shape index (κ2) is 6.80. The van der Waals surface area contributed by atoms with Gasteiger partial charge in [0.2, 0.25) is 5.91 Å². The molecule has 0 aromatic heterocycles. The van der Waals surface area contributed by atoms with E-state index in [-0.39, 0.29) is 23.9 Å². The Morgan fingerprint density at radius 2 is 2.25 bits per heavy atom. The largest absolute Gasteiger partial charge is 0.481 e. The molecule has 1 amide bonds. The van der Waals surface area contributed by atoms with Crippen LogP contribution in [0.1, 0.15) is 25.7 Å². The molecule has 0 bridgehead atoms. The highest BCUT2D eigenvalue weighted by molar-refractivity contribution is 9.10. The highest BCUT2D eigenvalue weighted by Crippen LogP contribution is 2.48. The van der Waals surface area contributed by atoms with Crippen molar-refractivity contribution in [1.82, 2.24) is 4.90 Å². The SMILES string of the molecule is O=C(CCN1C[C@@H]2CCC[C@@]2(C(=O)O)C1)Nc1ccc(Br)cc1F. The van der Waals surface area contributed by atoms with E-state index >= 15 is 0 Å². The lowest BCUT2D eigenvalue weighted by Crippen LogP contribution is -2.36. The van der Waals surface area contributed by atoms with Crippen LogP contribution in [-0.2, 0) is 9.59 Å². The number of amides is 1. The van der Waals surface area contributed by atoms with Crippen LogP contribution in [0.3, 0.4) is 0 Å².